The average Bonchev–Trinajstić information content (AvgIpc) is 3.12. The first-order chi connectivity index (χ1) is 10.4. The Morgan fingerprint density at radius 1 is 1.23 bits per heavy atom. The number of hydrogen-bond donors (Lipinski definition) is 1. The fraction of sp³-hybridized carbons (Fsp3) is 0.312. The predicted molar refractivity (Wildman–Crippen MR) is 72.8 cm³/mol. The highest BCUT2D eigenvalue weighted by molar-refractivity contribution is 5.82. The lowest BCUT2D eigenvalue weighted by molar-refractivity contribution is -0.137. The van der Waals surface area contributed by atoms with Crippen molar-refractivity contribution >= 4 is 5.91 Å². The van der Waals surface area contributed by atoms with Crippen molar-refractivity contribution < 1.29 is 22.4 Å². The largest absolute Gasteiger partial charge is 0.467 e. The summed E-state index contributed by atoms with van der Waals surface area (Å²) >= 11 is 0. The summed E-state index contributed by atoms with van der Waals surface area (Å²) in [6, 6.07) is 8.53. The Balaban J connectivity index is 1.56. The highest BCUT2D eigenvalue weighted by Gasteiger charge is 2.44. The van der Waals surface area contributed by atoms with Crippen LogP contribution < -0.4 is 5.32 Å². The number of nitrogens with one attached hydrogen (secondary N) is 1. The van der Waals surface area contributed by atoms with Crippen LogP contribution in [-0.2, 0) is 17.5 Å². The second-order valence-electron chi connectivity index (χ2n) is 5.37. The molecule has 1 fully saturated rings. The van der Waals surface area contributed by atoms with Crippen LogP contribution in [0.25, 0.3) is 0 Å². The molecule has 1 aliphatic rings. The Kier molecular flexibility index (Phi) is 3.68. The van der Waals surface area contributed by atoms with Crippen molar-refractivity contribution in [1.82, 2.24) is 5.32 Å². The molecular weight excluding hydrogens is 295 g/mol. The quantitative estimate of drug-likeness (QED) is 0.935. The zero-order chi connectivity index (χ0) is 15.7. The number of carbonyl (C=O) groups excluding carboxylic acids is 1. The van der Waals surface area contributed by atoms with Crippen LogP contribution in [0.1, 0.15) is 29.2 Å². The van der Waals surface area contributed by atoms with Crippen LogP contribution in [0, 0.1) is 5.92 Å². The molecule has 22 heavy (non-hydrogen) atoms. The molecule has 0 saturated heterocycles. The van der Waals surface area contributed by atoms with Crippen LogP contribution in [0.2, 0.25) is 0 Å². The first-order valence-electron chi connectivity index (χ1n) is 6.92. The van der Waals surface area contributed by atoms with E-state index in [9.17, 15) is 18.0 Å². The van der Waals surface area contributed by atoms with Gasteiger partial charge in [-0.3, -0.25) is 4.79 Å². The summed E-state index contributed by atoms with van der Waals surface area (Å²) in [5.41, 5.74) is 0.0990. The molecule has 1 saturated carbocycles. The fourth-order valence-corrected chi connectivity index (χ4v) is 2.49. The van der Waals surface area contributed by atoms with E-state index in [1.807, 2.05) is 0 Å². The van der Waals surface area contributed by atoms with E-state index in [0.29, 0.717) is 18.7 Å². The third-order valence-corrected chi connectivity index (χ3v) is 3.81. The van der Waals surface area contributed by atoms with Crippen LogP contribution in [0.3, 0.4) is 0 Å². The Morgan fingerprint density at radius 3 is 2.55 bits per heavy atom. The molecular formula is C16H14F3NO2. The van der Waals surface area contributed by atoms with Gasteiger partial charge in [-0.15, -0.1) is 0 Å². The molecule has 116 valence electrons. The lowest BCUT2D eigenvalue weighted by Crippen LogP contribution is -2.24. The molecule has 6 heteroatoms. The lowest BCUT2D eigenvalue weighted by Gasteiger charge is -2.07. The standard InChI is InChI=1S/C16H14F3NO2/c17-16(18,19)11-5-3-10(4-6-11)13-8-14(13)15(21)20-9-12-2-1-7-22-12/h1-7,13-14H,8-9H2,(H,20,21). The number of halogens is 3. The highest BCUT2D eigenvalue weighted by atomic mass is 19.4. The van der Waals surface area contributed by atoms with Gasteiger partial charge in [-0.2, -0.15) is 13.2 Å². The van der Waals surface area contributed by atoms with Gasteiger partial charge in [-0.05, 0) is 42.2 Å². The lowest BCUT2D eigenvalue weighted by atomic mass is 10.1. The molecule has 1 N–H and O–H groups in total. The minimum Gasteiger partial charge on any atom is -0.467 e. The molecule has 2 aromatic rings. The molecule has 0 aliphatic heterocycles. The van der Waals surface area contributed by atoms with Crippen molar-refractivity contribution in [2.45, 2.75) is 25.1 Å². The van der Waals surface area contributed by atoms with Crippen LogP contribution in [0.4, 0.5) is 13.2 Å². The van der Waals surface area contributed by atoms with Crippen molar-refractivity contribution in [3.8, 4) is 0 Å². The van der Waals surface area contributed by atoms with Gasteiger partial charge < -0.3 is 9.73 Å². The summed E-state index contributed by atoms with van der Waals surface area (Å²) in [4.78, 5) is 12.0. The van der Waals surface area contributed by atoms with Crippen LogP contribution in [-0.4, -0.2) is 5.91 Å². The van der Waals surface area contributed by atoms with E-state index < -0.39 is 11.7 Å². The van der Waals surface area contributed by atoms with Gasteiger partial charge in [0.1, 0.15) is 5.76 Å². The maximum Gasteiger partial charge on any atom is 0.416 e. The molecule has 2 atom stereocenters. The fourth-order valence-electron chi connectivity index (χ4n) is 2.49. The number of furan rings is 1. The molecule has 0 radical (unpaired) electrons. The van der Waals surface area contributed by atoms with Gasteiger partial charge in [0.25, 0.3) is 0 Å². The van der Waals surface area contributed by atoms with Gasteiger partial charge >= 0.3 is 6.18 Å². The molecule has 1 heterocycles. The molecule has 3 nitrogen and oxygen atoms in total. The van der Waals surface area contributed by atoms with Gasteiger partial charge in [0, 0.05) is 5.92 Å². The Morgan fingerprint density at radius 2 is 1.95 bits per heavy atom. The van der Waals surface area contributed by atoms with Crippen molar-refractivity contribution in [2.24, 2.45) is 5.92 Å². The van der Waals surface area contributed by atoms with E-state index in [2.05, 4.69) is 5.32 Å². The molecule has 1 aromatic heterocycles. The van der Waals surface area contributed by atoms with Crippen molar-refractivity contribution in [3.63, 3.8) is 0 Å². The summed E-state index contributed by atoms with van der Waals surface area (Å²) in [6.45, 7) is 0.321. The predicted octanol–water partition coefficient (Wildman–Crippen LogP) is 3.72. The second-order valence-corrected chi connectivity index (χ2v) is 5.37. The summed E-state index contributed by atoms with van der Waals surface area (Å²) in [5.74, 6) is 0.395. The SMILES string of the molecule is O=C(NCc1ccco1)C1CC1c1ccc(C(F)(F)F)cc1. The van der Waals surface area contributed by atoms with Crippen LogP contribution in [0.5, 0.6) is 0 Å². The molecule has 1 amide bonds. The monoisotopic (exact) mass is 309 g/mol. The average molecular weight is 309 g/mol. The zero-order valence-electron chi connectivity index (χ0n) is 11.6. The first-order valence-corrected chi connectivity index (χ1v) is 6.92. The number of amides is 1. The Bertz CT molecular complexity index is 647. The van der Waals surface area contributed by atoms with E-state index in [4.69, 9.17) is 4.42 Å². The van der Waals surface area contributed by atoms with Gasteiger partial charge in [0.2, 0.25) is 5.91 Å². The zero-order valence-corrected chi connectivity index (χ0v) is 11.6. The normalized spacial score (nSPS) is 20.7. The van der Waals surface area contributed by atoms with E-state index in [0.717, 1.165) is 17.7 Å². The van der Waals surface area contributed by atoms with Crippen molar-refractivity contribution in [1.29, 1.82) is 0 Å². The number of benzene rings is 1. The first kappa shape index (κ1) is 14.7. The molecule has 0 spiro atoms. The molecule has 2 unspecified atom stereocenters. The number of carbonyl (C=O) groups is 1. The molecule has 0 bridgehead atoms. The summed E-state index contributed by atoms with van der Waals surface area (Å²) < 4.78 is 42.6. The minimum absolute atomic E-state index is 0.00103. The highest BCUT2D eigenvalue weighted by Crippen LogP contribution is 2.48. The van der Waals surface area contributed by atoms with Crippen molar-refractivity contribution in [3.05, 3.63) is 59.5 Å². The van der Waals surface area contributed by atoms with Crippen LogP contribution >= 0.6 is 0 Å². The van der Waals surface area contributed by atoms with E-state index >= 15 is 0 Å². The maximum absolute atomic E-state index is 12.5. The Hall–Kier alpha value is -2.24. The summed E-state index contributed by atoms with van der Waals surface area (Å²) in [5, 5.41) is 2.77. The van der Waals surface area contributed by atoms with Gasteiger partial charge in [0.05, 0.1) is 18.4 Å². The van der Waals surface area contributed by atoms with E-state index in [1.54, 1.807) is 12.1 Å². The van der Waals surface area contributed by atoms with Crippen LogP contribution in [0.15, 0.2) is 47.1 Å². The van der Waals surface area contributed by atoms with Crippen molar-refractivity contribution in [2.75, 3.05) is 0 Å². The summed E-state index contributed by atoms with van der Waals surface area (Å²) in [6.07, 6.45) is -2.14. The van der Waals surface area contributed by atoms with Gasteiger partial charge in [-0.25, -0.2) is 0 Å². The smallest absolute Gasteiger partial charge is 0.416 e. The third kappa shape index (κ3) is 3.16. The van der Waals surface area contributed by atoms with Gasteiger partial charge in [0.15, 0.2) is 0 Å². The minimum atomic E-state index is -4.33. The number of rotatable bonds is 4. The molecule has 1 aliphatic carbocycles. The summed E-state index contributed by atoms with van der Waals surface area (Å²) in [7, 11) is 0. The third-order valence-electron chi connectivity index (χ3n) is 3.81. The van der Waals surface area contributed by atoms with Gasteiger partial charge in [-0.1, -0.05) is 12.1 Å². The molecule has 3 rings (SSSR count). The Labute approximate surface area is 125 Å². The number of alkyl halides is 3. The van der Waals surface area contributed by atoms with E-state index in [-0.39, 0.29) is 17.7 Å². The second kappa shape index (κ2) is 5.51. The molecule has 1 aromatic carbocycles. The maximum atomic E-state index is 12.5. The van der Waals surface area contributed by atoms with E-state index in [1.165, 1.54) is 18.4 Å². The topological polar surface area (TPSA) is 42.2 Å². The number of hydrogen-bond acceptors (Lipinski definition) is 2.